The Balaban J connectivity index is 1.43. The van der Waals surface area contributed by atoms with Gasteiger partial charge in [-0.3, -0.25) is 4.99 Å². The lowest BCUT2D eigenvalue weighted by Crippen LogP contribution is -2.24. The summed E-state index contributed by atoms with van der Waals surface area (Å²) in [6.45, 7) is 3.40. The van der Waals surface area contributed by atoms with Gasteiger partial charge in [0, 0.05) is 19.3 Å². The van der Waals surface area contributed by atoms with Crippen molar-refractivity contribution in [2.45, 2.75) is 32.4 Å². The molecule has 0 saturated carbocycles. The molecule has 3 aromatic rings. The van der Waals surface area contributed by atoms with Crippen LogP contribution in [-0.2, 0) is 11.3 Å². The second-order valence-corrected chi connectivity index (χ2v) is 6.91. The van der Waals surface area contributed by atoms with E-state index in [0.29, 0.717) is 42.0 Å². The van der Waals surface area contributed by atoms with Gasteiger partial charge >= 0.3 is 0 Å². The highest BCUT2D eigenvalue weighted by Gasteiger charge is 2.15. The second-order valence-electron chi connectivity index (χ2n) is 6.91. The van der Waals surface area contributed by atoms with Crippen LogP contribution in [0.15, 0.2) is 41.4 Å². The molecule has 4 rings (SSSR count). The zero-order valence-electron chi connectivity index (χ0n) is 16.5. The van der Waals surface area contributed by atoms with E-state index < -0.39 is 0 Å². The first-order chi connectivity index (χ1) is 14.6. The van der Waals surface area contributed by atoms with E-state index in [1.54, 1.807) is 28.9 Å². The SMILES string of the molecule is Cc1nnn(-c2ccc(F)cc2)c1COc1ccc(C(N)=NC2CCOCC2)nn1. The Morgan fingerprint density at radius 2 is 1.93 bits per heavy atom. The molecule has 1 aliphatic rings. The van der Waals surface area contributed by atoms with Crippen molar-refractivity contribution in [2.75, 3.05) is 13.2 Å². The highest BCUT2D eigenvalue weighted by atomic mass is 19.1. The molecule has 10 heteroatoms. The molecule has 1 aliphatic heterocycles. The first-order valence-corrected chi connectivity index (χ1v) is 9.65. The van der Waals surface area contributed by atoms with Gasteiger partial charge in [-0.2, -0.15) is 0 Å². The van der Waals surface area contributed by atoms with Crippen LogP contribution in [-0.4, -0.2) is 50.3 Å². The van der Waals surface area contributed by atoms with Crippen molar-refractivity contribution in [1.82, 2.24) is 25.2 Å². The molecule has 0 radical (unpaired) electrons. The van der Waals surface area contributed by atoms with Gasteiger partial charge in [0.2, 0.25) is 5.88 Å². The van der Waals surface area contributed by atoms with Crippen LogP contribution in [0.4, 0.5) is 4.39 Å². The van der Waals surface area contributed by atoms with Crippen molar-refractivity contribution in [3.05, 3.63) is 59.3 Å². The molecule has 1 saturated heterocycles. The number of aromatic nitrogens is 5. The van der Waals surface area contributed by atoms with E-state index in [1.807, 2.05) is 6.92 Å². The molecule has 0 unspecified atom stereocenters. The molecule has 1 fully saturated rings. The molecule has 0 spiro atoms. The Labute approximate surface area is 172 Å². The number of hydrogen-bond acceptors (Lipinski definition) is 7. The molecule has 0 atom stereocenters. The van der Waals surface area contributed by atoms with Crippen molar-refractivity contribution in [1.29, 1.82) is 0 Å². The minimum Gasteiger partial charge on any atom is -0.470 e. The van der Waals surface area contributed by atoms with Crippen molar-refractivity contribution in [3.8, 4) is 11.6 Å². The standard InChI is InChI=1S/C20H22FN7O2/c1-13-18(28(27-24-13)16-4-2-14(21)3-5-16)12-30-19-7-6-17(25-26-19)20(22)23-15-8-10-29-11-9-15/h2-7,15H,8-12H2,1H3,(H2,22,23). The highest BCUT2D eigenvalue weighted by Crippen LogP contribution is 2.16. The number of rotatable bonds is 6. The minimum absolute atomic E-state index is 0.152. The number of benzene rings is 1. The number of nitrogens with zero attached hydrogens (tertiary/aromatic N) is 6. The van der Waals surface area contributed by atoms with Crippen LogP contribution in [0.25, 0.3) is 5.69 Å². The maximum atomic E-state index is 13.2. The highest BCUT2D eigenvalue weighted by molar-refractivity contribution is 5.95. The number of amidine groups is 1. The molecule has 0 bridgehead atoms. The van der Waals surface area contributed by atoms with E-state index in [4.69, 9.17) is 15.2 Å². The topological polar surface area (TPSA) is 113 Å². The number of halogens is 1. The van der Waals surface area contributed by atoms with E-state index >= 15 is 0 Å². The van der Waals surface area contributed by atoms with Crippen molar-refractivity contribution in [3.63, 3.8) is 0 Å². The lowest BCUT2D eigenvalue weighted by atomic mass is 10.1. The maximum Gasteiger partial charge on any atom is 0.233 e. The fourth-order valence-corrected chi connectivity index (χ4v) is 3.09. The minimum atomic E-state index is -0.316. The number of aliphatic imine (C=N–C) groups is 1. The third-order valence-electron chi connectivity index (χ3n) is 4.80. The summed E-state index contributed by atoms with van der Waals surface area (Å²) in [4.78, 5) is 4.51. The van der Waals surface area contributed by atoms with E-state index in [-0.39, 0.29) is 18.5 Å². The monoisotopic (exact) mass is 411 g/mol. The molecule has 1 aromatic carbocycles. The Kier molecular flexibility index (Phi) is 5.94. The van der Waals surface area contributed by atoms with E-state index in [9.17, 15) is 4.39 Å². The molecule has 3 heterocycles. The predicted octanol–water partition coefficient (Wildman–Crippen LogP) is 1.97. The summed E-state index contributed by atoms with van der Waals surface area (Å²) in [7, 11) is 0. The summed E-state index contributed by atoms with van der Waals surface area (Å²) < 4.78 is 25.9. The Bertz CT molecular complexity index is 1010. The molecular formula is C20H22FN7O2. The lowest BCUT2D eigenvalue weighted by molar-refractivity contribution is 0.0871. The molecular weight excluding hydrogens is 389 g/mol. The van der Waals surface area contributed by atoms with Crippen LogP contribution >= 0.6 is 0 Å². The molecule has 9 nitrogen and oxygen atoms in total. The fourth-order valence-electron chi connectivity index (χ4n) is 3.09. The zero-order chi connectivity index (χ0) is 20.9. The third kappa shape index (κ3) is 4.60. The van der Waals surface area contributed by atoms with Gasteiger partial charge < -0.3 is 15.2 Å². The maximum absolute atomic E-state index is 13.2. The van der Waals surface area contributed by atoms with Crippen LogP contribution in [0.5, 0.6) is 5.88 Å². The van der Waals surface area contributed by atoms with Crippen molar-refractivity contribution in [2.24, 2.45) is 10.7 Å². The summed E-state index contributed by atoms with van der Waals surface area (Å²) in [6.07, 6.45) is 1.70. The van der Waals surface area contributed by atoms with Crippen LogP contribution in [0, 0.1) is 12.7 Å². The number of nitrogens with two attached hydrogens (primary N) is 1. The van der Waals surface area contributed by atoms with Gasteiger partial charge in [-0.1, -0.05) is 5.21 Å². The van der Waals surface area contributed by atoms with Gasteiger partial charge in [0.15, 0.2) is 0 Å². The molecule has 2 aromatic heterocycles. The van der Waals surface area contributed by atoms with Crippen molar-refractivity contribution < 1.29 is 13.9 Å². The summed E-state index contributed by atoms with van der Waals surface area (Å²) in [5, 5.41) is 16.4. The van der Waals surface area contributed by atoms with E-state index in [1.165, 1.54) is 12.1 Å². The number of hydrogen-bond donors (Lipinski definition) is 1. The van der Waals surface area contributed by atoms with Gasteiger partial charge in [-0.05, 0) is 50.1 Å². The van der Waals surface area contributed by atoms with Crippen LogP contribution < -0.4 is 10.5 Å². The van der Waals surface area contributed by atoms with Crippen molar-refractivity contribution >= 4 is 5.84 Å². The number of ether oxygens (including phenoxy) is 2. The normalized spacial score (nSPS) is 15.3. The fraction of sp³-hybridized carbons (Fsp3) is 0.350. The molecule has 30 heavy (non-hydrogen) atoms. The van der Waals surface area contributed by atoms with Gasteiger partial charge in [-0.15, -0.1) is 15.3 Å². The molecule has 156 valence electrons. The quantitative estimate of drug-likeness (QED) is 0.487. The second kappa shape index (κ2) is 8.95. The summed E-state index contributed by atoms with van der Waals surface area (Å²) in [5.74, 6) is 0.377. The number of aryl methyl sites for hydroxylation is 1. The molecule has 0 amide bonds. The Morgan fingerprint density at radius 3 is 2.63 bits per heavy atom. The van der Waals surface area contributed by atoms with Gasteiger partial charge in [0.25, 0.3) is 0 Å². The first-order valence-electron chi connectivity index (χ1n) is 9.65. The van der Waals surface area contributed by atoms with E-state index in [2.05, 4.69) is 25.5 Å². The van der Waals surface area contributed by atoms with Crippen LogP contribution in [0.3, 0.4) is 0 Å². The molecule has 0 aliphatic carbocycles. The Hall–Kier alpha value is -3.40. The van der Waals surface area contributed by atoms with E-state index in [0.717, 1.165) is 18.5 Å². The molecule has 2 N–H and O–H groups in total. The average molecular weight is 411 g/mol. The predicted molar refractivity (Wildman–Crippen MR) is 107 cm³/mol. The largest absolute Gasteiger partial charge is 0.470 e. The first kappa shape index (κ1) is 19.9. The smallest absolute Gasteiger partial charge is 0.233 e. The zero-order valence-corrected chi connectivity index (χ0v) is 16.5. The summed E-state index contributed by atoms with van der Waals surface area (Å²) >= 11 is 0. The third-order valence-corrected chi connectivity index (χ3v) is 4.80. The van der Waals surface area contributed by atoms with Crippen LogP contribution in [0.1, 0.15) is 29.9 Å². The summed E-state index contributed by atoms with van der Waals surface area (Å²) in [6, 6.07) is 9.56. The van der Waals surface area contributed by atoms with Gasteiger partial charge in [0.1, 0.15) is 29.6 Å². The summed E-state index contributed by atoms with van der Waals surface area (Å²) in [5.41, 5.74) is 8.69. The average Bonchev–Trinajstić information content (AvgIpc) is 3.14. The Morgan fingerprint density at radius 1 is 1.17 bits per heavy atom. The van der Waals surface area contributed by atoms with Gasteiger partial charge in [0.05, 0.1) is 17.4 Å². The lowest BCUT2D eigenvalue weighted by Gasteiger charge is -2.18. The van der Waals surface area contributed by atoms with Crippen LogP contribution in [0.2, 0.25) is 0 Å². The van der Waals surface area contributed by atoms with Gasteiger partial charge in [-0.25, -0.2) is 9.07 Å².